The molecule has 0 spiro atoms. The Labute approximate surface area is 228 Å². The zero-order valence-electron chi connectivity index (χ0n) is 22.1. The van der Waals surface area contributed by atoms with Gasteiger partial charge in [0.15, 0.2) is 5.13 Å². The summed E-state index contributed by atoms with van der Waals surface area (Å²) in [6.07, 6.45) is 1.64. The Bertz CT molecular complexity index is 1590. The molecule has 1 aliphatic rings. The first-order chi connectivity index (χ1) is 18.1. The quantitative estimate of drug-likeness (QED) is 0.315. The highest BCUT2D eigenvalue weighted by atomic mass is 32.2. The first-order valence-electron chi connectivity index (χ1n) is 12.7. The molecule has 0 saturated carbocycles. The number of hydrogen-bond acceptors (Lipinski definition) is 6. The molecule has 2 heterocycles. The first kappa shape index (κ1) is 26.3. The van der Waals surface area contributed by atoms with E-state index >= 15 is 0 Å². The number of fused-ring (bicyclic) bond motifs is 2. The lowest BCUT2D eigenvalue weighted by Gasteiger charge is -2.30. The molecule has 9 heteroatoms. The number of para-hydroxylation sites is 1. The van der Waals surface area contributed by atoms with Crippen LogP contribution < -0.4 is 9.21 Å². The first-order valence-corrected chi connectivity index (χ1v) is 15.0. The standard InChI is InChI=1S/C29H32N4O3S2/c1-20-18-21(2)27-26(19-20)37-29(30-27)32(17-16-31(3)4)28(34)23-11-13-24(14-12-23)38(35,36)33-15-7-9-22-8-5-6-10-25(22)33/h5-6,8,10-14,18-19H,7,9,15-17H2,1-4H3. The second kappa shape index (κ2) is 10.5. The molecule has 3 aromatic carbocycles. The number of carbonyl (C=O) groups excluding carboxylic acids is 1. The van der Waals surface area contributed by atoms with Gasteiger partial charge in [-0.15, -0.1) is 0 Å². The normalized spacial score (nSPS) is 13.7. The minimum Gasteiger partial charge on any atom is -0.308 e. The van der Waals surface area contributed by atoms with Crippen LogP contribution >= 0.6 is 11.3 Å². The van der Waals surface area contributed by atoms with E-state index in [0.717, 1.165) is 45.4 Å². The van der Waals surface area contributed by atoms with Crippen LogP contribution in [0.2, 0.25) is 0 Å². The molecule has 0 bridgehead atoms. The van der Waals surface area contributed by atoms with Gasteiger partial charge in [0.2, 0.25) is 0 Å². The molecule has 1 amide bonds. The number of nitrogens with zero attached hydrogens (tertiary/aromatic N) is 4. The van der Waals surface area contributed by atoms with Crippen LogP contribution in [0.3, 0.4) is 0 Å². The number of hydrogen-bond donors (Lipinski definition) is 0. The predicted octanol–water partition coefficient (Wildman–Crippen LogP) is 5.26. The van der Waals surface area contributed by atoms with Crippen LogP contribution in [0.25, 0.3) is 10.2 Å². The highest BCUT2D eigenvalue weighted by Gasteiger charge is 2.29. The molecule has 0 atom stereocenters. The summed E-state index contributed by atoms with van der Waals surface area (Å²) in [5.74, 6) is -0.201. The van der Waals surface area contributed by atoms with E-state index in [9.17, 15) is 13.2 Å². The van der Waals surface area contributed by atoms with Crippen LogP contribution in [0.5, 0.6) is 0 Å². The number of likely N-dealkylation sites (N-methyl/N-ethyl adjacent to an activating group) is 1. The van der Waals surface area contributed by atoms with Gasteiger partial charge in [0.1, 0.15) is 0 Å². The highest BCUT2D eigenvalue weighted by Crippen LogP contribution is 2.34. The second-order valence-electron chi connectivity index (χ2n) is 10.0. The smallest absolute Gasteiger partial charge is 0.264 e. The van der Waals surface area contributed by atoms with Gasteiger partial charge < -0.3 is 4.90 Å². The Kier molecular flexibility index (Phi) is 7.26. The molecule has 0 aliphatic carbocycles. The number of benzene rings is 3. The fraction of sp³-hybridized carbons (Fsp3) is 0.310. The number of aromatic nitrogens is 1. The van der Waals surface area contributed by atoms with Crippen molar-refractivity contribution in [2.75, 3.05) is 42.9 Å². The Morgan fingerprint density at radius 3 is 2.50 bits per heavy atom. The summed E-state index contributed by atoms with van der Waals surface area (Å²) in [6.45, 7) is 5.66. The third kappa shape index (κ3) is 5.06. The fourth-order valence-electron chi connectivity index (χ4n) is 4.86. The van der Waals surface area contributed by atoms with E-state index in [-0.39, 0.29) is 10.8 Å². The van der Waals surface area contributed by atoms with E-state index in [1.165, 1.54) is 27.8 Å². The summed E-state index contributed by atoms with van der Waals surface area (Å²) in [5.41, 5.74) is 5.33. The number of aryl methyl sites for hydroxylation is 3. The van der Waals surface area contributed by atoms with Gasteiger partial charge in [-0.25, -0.2) is 13.4 Å². The zero-order valence-corrected chi connectivity index (χ0v) is 23.8. The molecule has 0 unspecified atom stereocenters. The largest absolute Gasteiger partial charge is 0.308 e. The lowest BCUT2D eigenvalue weighted by molar-refractivity contribution is 0.0985. The van der Waals surface area contributed by atoms with Crippen LogP contribution in [-0.4, -0.2) is 57.9 Å². The van der Waals surface area contributed by atoms with E-state index in [2.05, 4.69) is 19.1 Å². The third-order valence-corrected chi connectivity index (χ3v) is 9.68. The number of amides is 1. The van der Waals surface area contributed by atoms with Gasteiger partial charge in [-0.05, 0) is 93.9 Å². The van der Waals surface area contributed by atoms with Crippen molar-refractivity contribution in [3.8, 4) is 0 Å². The maximum absolute atomic E-state index is 13.7. The van der Waals surface area contributed by atoms with Crippen molar-refractivity contribution in [1.82, 2.24) is 9.88 Å². The summed E-state index contributed by atoms with van der Waals surface area (Å²) in [5, 5.41) is 0.641. The maximum Gasteiger partial charge on any atom is 0.264 e. The van der Waals surface area contributed by atoms with Gasteiger partial charge in [0.25, 0.3) is 15.9 Å². The minimum absolute atomic E-state index is 0.177. The third-order valence-electron chi connectivity index (χ3n) is 6.82. The lowest BCUT2D eigenvalue weighted by Crippen LogP contribution is -2.37. The molecule has 38 heavy (non-hydrogen) atoms. The molecule has 7 nitrogen and oxygen atoms in total. The molecule has 4 aromatic rings. The second-order valence-corrected chi connectivity index (χ2v) is 12.9. The van der Waals surface area contributed by atoms with Crippen LogP contribution in [0.1, 0.15) is 33.5 Å². The SMILES string of the molecule is Cc1cc(C)c2nc(N(CCN(C)C)C(=O)c3ccc(S(=O)(=O)N4CCCc5ccccc54)cc3)sc2c1. The van der Waals surface area contributed by atoms with Gasteiger partial charge in [0, 0.05) is 25.2 Å². The Morgan fingerprint density at radius 1 is 1.03 bits per heavy atom. The van der Waals surface area contributed by atoms with Crippen molar-refractivity contribution >= 4 is 48.3 Å². The van der Waals surface area contributed by atoms with Crippen molar-refractivity contribution in [3.63, 3.8) is 0 Å². The summed E-state index contributed by atoms with van der Waals surface area (Å²) >= 11 is 1.50. The summed E-state index contributed by atoms with van der Waals surface area (Å²) in [6, 6.07) is 18.1. The molecule has 0 N–H and O–H groups in total. The topological polar surface area (TPSA) is 73.8 Å². The highest BCUT2D eigenvalue weighted by molar-refractivity contribution is 7.92. The number of thiazole rings is 1. The zero-order chi connectivity index (χ0) is 27.0. The number of rotatable bonds is 7. The molecular weight excluding hydrogens is 516 g/mol. The van der Waals surface area contributed by atoms with Crippen molar-refractivity contribution in [2.24, 2.45) is 0 Å². The maximum atomic E-state index is 13.7. The molecule has 5 rings (SSSR count). The molecule has 0 radical (unpaired) electrons. The number of anilines is 2. The Morgan fingerprint density at radius 2 is 1.76 bits per heavy atom. The molecule has 198 valence electrons. The molecule has 1 aromatic heterocycles. The monoisotopic (exact) mass is 548 g/mol. The number of carbonyl (C=O) groups is 1. The predicted molar refractivity (Wildman–Crippen MR) is 155 cm³/mol. The fourth-order valence-corrected chi connectivity index (χ4v) is 7.57. The molecule has 1 aliphatic heterocycles. The van der Waals surface area contributed by atoms with Crippen LogP contribution in [0.15, 0.2) is 65.6 Å². The molecule has 0 saturated heterocycles. The van der Waals surface area contributed by atoms with Crippen LogP contribution in [-0.2, 0) is 16.4 Å². The van der Waals surface area contributed by atoms with Gasteiger partial charge in [0.05, 0.1) is 20.8 Å². The summed E-state index contributed by atoms with van der Waals surface area (Å²) in [4.78, 5) is 22.4. The van der Waals surface area contributed by atoms with Crippen molar-refractivity contribution < 1.29 is 13.2 Å². The Hall–Kier alpha value is -3.27. The lowest BCUT2D eigenvalue weighted by atomic mass is 10.0. The van der Waals surface area contributed by atoms with E-state index in [4.69, 9.17) is 4.98 Å². The van der Waals surface area contributed by atoms with E-state index in [1.54, 1.807) is 17.0 Å². The average molecular weight is 549 g/mol. The van der Waals surface area contributed by atoms with Crippen molar-refractivity contribution in [2.45, 2.75) is 31.6 Å². The molecular formula is C29H32N4O3S2. The van der Waals surface area contributed by atoms with Gasteiger partial charge in [-0.3, -0.25) is 14.0 Å². The number of sulfonamides is 1. The van der Waals surface area contributed by atoms with Gasteiger partial charge in [-0.1, -0.05) is 35.6 Å². The van der Waals surface area contributed by atoms with Gasteiger partial charge >= 0.3 is 0 Å². The van der Waals surface area contributed by atoms with E-state index in [0.29, 0.717) is 30.3 Å². The summed E-state index contributed by atoms with van der Waals surface area (Å²) in [7, 11) is 0.184. The van der Waals surface area contributed by atoms with Crippen molar-refractivity contribution in [1.29, 1.82) is 0 Å². The summed E-state index contributed by atoms with van der Waals surface area (Å²) < 4.78 is 29.6. The van der Waals surface area contributed by atoms with Crippen LogP contribution in [0.4, 0.5) is 10.8 Å². The van der Waals surface area contributed by atoms with Crippen LogP contribution in [0, 0.1) is 13.8 Å². The van der Waals surface area contributed by atoms with Gasteiger partial charge in [-0.2, -0.15) is 0 Å². The van der Waals surface area contributed by atoms with E-state index < -0.39 is 10.0 Å². The molecule has 0 fully saturated rings. The minimum atomic E-state index is -3.75. The Balaban J connectivity index is 1.45. The van der Waals surface area contributed by atoms with Crippen molar-refractivity contribution in [3.05, 3.63) is 82.9 Å². The average Bonchev–Trinajstić information content (AvgIpc) is 3.32. The van der Waals surface area contributed by atoms with E-state index in [1.807, 2.05) is 50.2 Å².